The first-order valence-electron chi connectivity index (χ1n) is 6.41. The molecule has 0 heterocycles. The molecule has 2 aromatic carbocycles. The zero-order valence-electron chi connectivity index (χ0n) is 11.6. The third kappa shape index (κ3) is 4.01. The van der Waals surface area contributed by atoms with Crippen LogP contribution in [0.15, 0.2) is 51.8 Å². The van der Waals surface area contributed by atoms with Crippen molar-refractivity contribution in [3.05, 3.63) is 58.1 Å². The number of ether oxygens (including phenoxy) is 1. The van der Waals surface area contributed by atoms with Gasteiger partial charge in [-0.25, -0.2) is 0 Å². The molecule has 2 aromatic rings. The highest BCUT2D eigenvalue weighted by molar-refractivity contribution is 9.10. The summed E-state index contributed by atoms with van der Waals surface area (Å²) in [5.41, 5.74) is 8.26. The molecule has 0 bridgehead atoms. The van der Waals surface area contributed by atoms with Crippen molar-refractivity contribution in [2.45, 2.75) is 23.6 Å². The fourth-order valence-corrected chi connectivity index (χ4v) is 3.40. The Morgan fingerprint density at radius 1 is 1.25 bits per heavy atom. The van der Waals surface area contributed by atoms with Crippen molar-refractivity contribution < 1.29 is 4.74 Å². The molecular formula is C16H18BrNOS. The lowest BCUT2D eigenvalue weighted by molar-refractivity contribution is 0.411. The summed E-state index contributed by atoms with van der Waals surface area (Å²) in [4.78, 5) is 1.23. The summed E-state index contributed by atoms with van der Waals surface area (Å²) < 4.78 is 6.52. The lowest BCUT2D eigenvalue weighted by Crippen LogP contribution is -2.05. The quantitative estimate of drug-likeness (QED) is 0.788. The van der Waals surface area contributed by atoms with E-state index in [1.165, 1.54) is 10.5 Å². The first-order chi connectivity index (χ1) is 9.60. The van der Waals surface area contributed by atoms with Crippen LogP contribution in [0.2, 0.25) is 0 Å². The van der Waals surface area contributed by atoms with Crippen molar-refractivity contribution in [1.82, 2.24) is 0 Å². The van der Waals surface area contributed by atoms with Crippen LogP contribution in [0.4, 0.5) is 0 Å². The lowest BCUT2D eigenvalue weighted by atomic mass is 10.1. The van der Waals surface area contributed by atoms with E-state index in [0.29, 0.717) is 0 Å². The van der Waals surface area contributed by atoms with Crippen LogP contribution < -0.4 is 10.5 Å². The maximum absolute atomic E-state index is 5.95. The Morgan fingerprint density at radius 2 is 2.05 bits per heavy atom. The zero-order valence-corrected chi connectivity index (χ0v) is 14.0. The number of rotatable bonds is 5. The monoisotopic (exact) mass is 351 g/mol. The Bertz CT molecular complexity index is 586. The molecular weight excluding hydrogens is 334 g/mol. The van der Waals surface area contributed by atoms with Crippen LogP contribution in [0.5, 0.6) is 5.75 Å². The molecule has 0 aliphatic heterocycles. The number of thioether (sulfide) groups is 1. The number of methoxy groups -OCH3 is 1. The van der Waals surface area contributed by atoms with Crippen LogP contribution in [-0.4, -0.2) is 7.11 Å². The molecule has 106 valence electrons. The first-order valence-corrected chi connectivity index (χ1v) is 8.19. The highest BCUT2D eigenvalue weighted by Crippen LogP contribution is 2.30. The number of hydrogen-bond acceptors (Lipinski definition) is 3. The Labute approximate surface area is 132 Å². The van der Waals surface area contributed by atoms with E-state index >= 15 is 0 Å². The topological polar surface area (TPSA) is 35.2 Å². The lowest BCUT2D eigenvalue weighted by Gasteiger charge is -2.12. The van der Waals surface area contributed by atoms with Gasteiger partial charge in [0, 0.05) is 26.7 Å². The zero-order chi connectivity index (χ0) is 14.5. The maximum atomic E-state index is 5.95. The van der Waals surface area contributed by atoms with Gasteiger partial charge in [-0.3, -0.25) is 0 Å². The highest BCUT2D eigenvalue weighted by atomic mass is 79.9. The number of nitrogens with two attached hydrogens (primary N) is 1. The minimum absolute atomic E-state index is 0.0375. The Morgan fingerprint density at radius 3 is 2.70 bits per heavy atom. The van der Waals surface area contributed by atoms with Crippen molar-refractivity contribution in [3.63, 3.8) is 0 Å². The number of benzene rings is 2. The van der Waals surface area contributed by atoms with Crippen LogP contribution in [-0.2, 0) is 5.75 Å². The maximum Gasteiger partial charge on any atom is 0.122 e. The van der Waals surface area contributed by atoms with Gasteiger partial charge in [-0.2, -0.15) is 0 Å². The van der Waals surface area contributed by atoms with Crippen LogP contribution in [0, 0.1) is 0 Å². The van der Waals surface area contributed by atoms with Gasteiger partial charge in [0.25, 0.3) is 0 Å². The minimum atomic E-state index is 0.0375. The molecule has 2 N–H and O–H groups in total. The predicted octanol–water partition coefficient (Wildman–Crippen LogP) is 4.77. The molecule has 0 aromatic heterocycles. The van der Waals surface area contributed by atoms with E-state index < -0.39 is 0 Å². The largest absolute Gasteiger partial charge is 0.496 e. The van der Waals surface area contributed by atoms with Gasteiger partial charge in [0.2, 0.25) is 0 Å². The molecule has 0 saturated heterocycles. The Balaban J connectivity index is 2.17. The Kier molecular flexibility index (Phi) is 5.52. The second kappa shape index (κ2) is 7.16. The number of hydrogen-bond donors (Lipinski definition) is 1. The van der Waals surface area contributed by atoms with E-state index in [0.717, 1.165) is 21.5 Å². The third-order valence-corrected chi connectivity index (χ3v) is 4.56. The van der Waals surface area contributed by atoms with Gasteiger partial charge in [0.1, 0.15) is 5.75 Å². The molecule has 0 aliphatic rings. The molecule has 4 heteroatoms. The molecule has 20 heavy (non-hydrogen) atoms. The summed E-state index contributed by atoms with van der Waals surface area (Å²) in [6.07, 6.45) is 0. The molecule has 0 aliphatic carbocycles. The van der Waals surface area contributed by atoms with E-state index in [2.05, 4.69) is 34.1 Å². The fraction of sp³-hybridized carbons (Fsp3) is 0.250. The van der Waals surface area contributed by atoms with Gasteiger partial charge in [-0.1, -0.05) is 28.1 Å². The molecule has 1 unspecified atom stereocenters. The second-order valence-electron chi connectivity index (χ2n) is 4.61. The van der Waals surface area contributed by atoms with Crippen molar-refractivity contribution in [2.75, 3.05) is 7.11 Å². The summed E-state index contributed by atoms with van der Waals surface area (Å²) in [5, 5.41) is 0. The van der Waals surface area contributed by atoms with Crippen molar-refractivity contribution >= 4 is 27.7 Å². The van der Waals surface area contributed by atoms with Gasteiger partial charge in [-0.15, -0.1) is 11.8 Å². The second-order valence-corrected chi connectivity index (χ2v) is 6.57. The van der Waals surface area contributed by atoms with Gasteiger partial charge in [0.05, 0.1) is 7.11 Å². The van der Waals surface area contributed by atoms with Gasteiger partial charge in [-0.05, 0) is 42.8 Å². The molecule has 1 atom stereocenters. The molecule has 0 saturated carbocycles. The summed E-state index contributed by atoms with van der Waals surface area (Å²) >= 11 is 5.28. The molecule has 0 amide bonds. The van der Waals surface area contributed by atoms with Gasteiger partial charge < -0.3 is 10.5 Å². The van der Waals surface area contributed by atoms with E-state index in [4.69, 9.17) is 10.5 Å². The van der Waals surface area contributed by atoms with Crippen LogP contribution in [0.1, 0.15) is 24.1 Å². The standard InChI is InChI=1S/C16H18BrNOS/c1-11(18)12-6-7-16(19-2)13(8-12)10-20-15-5-3-4-14(17)9-15/h3-9,11H,10,18H2,1-2H3. The Hall–Kier alpha value is -0.970. The van der Waals surface area contributed by atoms with Crippen LogP contribution >= 0.6 is 27.7 Å². The van der Waals surface area contributed by atoms with E-state index in [1.54, 1.807) is 18.9 Å². The third-order valence-electron chi connectivity index (χ3n) is 3.02. The van der Waals surface area contributed by atoms with E-state index in [1.807, 2.05) is 31.2 Å². The molecule has 0 radical (unpaired) electrons. The van der Waals surface area contributed by atoms with Crippen LogP contribution in [0.3, 0.4) is 0 Å². The summed E-state index contributed by atoms with van der Waals surface area (Å²) in [6, 6.07) is 14.5. The van der Waals surface area contributed by atoms with Crippen molar-refractivity contribution in [2.24, 2.45) is 5.73 Å². The van der Waals surface area contributed by atoms with Crippen molar-refractivity contribution in [1.29, 1.82) is 0 Å². The van der Waals surface area contributed by atoms with Gasteiger partial charge in [0.15, 0.2) is 0 Å². The summed E-state index contributed by atoms with van der Waals surface area (Å²) in [6.45, 7) is 1.99. The van der Waals surface area contributed by atoms with Crippen LogP contribution in [0.25, 0.3) is 0 Å². The molecule has 0 spiro atoms. The molecule has 2 nitrogen and oxygen atoms in total. The van der Waals surface area contributed by atoms with Crippen molar-refractivity contribution in [3.8, 4) is 5.75 Å². The smallest absolute Gasteiger partial charge is 0.122 e. The summed E-state index contributed by atoms with van der Waals surface area (Å²) in [7, 11) is 1.70. The fourth-order valence-electron chi connectivity index (χ4n) is 1.91. The highest BCUT2D eigenvalue weighted by Gasteiger charge is 2.08. The minimum Gasteiger partial charge on any atom is -0.496 e. The average Bonchev–Trinajstić information content (AvgIpc) is 2.44. The van der Waals surface area contributed by atoms with Gasteiger partial charge >= 0.3 is 0 Å². The molecule has 0 fully saturated rings. The predicted molar refractivity (Wildman–Crippen MR) is 89.3 cm³/mol. The molecule has 2 rings (SSSR count). The first kappa shape index (κ1) is 15.4. The SMILES string of the molecule is COc1ccc(C(C)N)cc1CSc1cccc(Br)c1. The van der Waals surface area contributed by atoms with E-state index in [-0.39, 0.29) is 6.04 Å². The normalized spacial score (nSPS) is 12.2. The summed E-state index contributed by atoms with van der Waals surface area (Å²) in [5.74, 6) is 1.78. The number of halogens is 1. The van der Waals surface area contributed by atoms with E-state index in [9.17, 15) is 0 Å². The average molecular weight is 352 g/mol.